The molecule has 2 rings (SSSR count). The Balaban J connectivity index is 2.64. The highest BCUT2D eigenvalue weighted by atomic mass is 16.3. The zero-order valence-corrected chi connectivity index (χ0v) is 10.3. The molecule has 0 heterocycles. The van der Waals surface area contributed by atoms with Gasteiger partial charge >= 0.3 is 0 Å². The highest BCUT2D eigenvalue weighted by Gasteiger charge is 2.08. The summed E-state index contributed by atoms with van der Waals surface area (Å²) < 4.78 is 0. The van der Waals surface area contributed by atoms with Gasteiger partial charge in [0.1, 0.15) is 11.5 Å². The van der Waals surface area contributed by atoms with Crippen molar-refractivity contribution in [1.29, 1.82) is 0 Å². The molecule has 2 nitrogen and oxygen atoms in total. The van der Waals surface area contributed by atoms with Gasteiger partial charge in [-0.1, -0.05) is 12.1 Å². The van der Waals surface area contributed by atoms with Crippen LogP contribution in [0, 0.1) is 20.8 Å². The van der Waals surface area contributed by atoms with E-state index < -0.39 is 0 Å². The van der Waals surface area contributed by atoms with Crippen molar-refractivity contribution in [3.05, 3.63) is 47.0 Å². The van der Waals surface area contributed by atoms with Crippen LogP contribution >= 0.6 is 0 Å². The van der Waals surface area contributed by atoms with Crippen molar-refractivity contribution in [2.45, 2.75) is 20.8 Å². The fraction of sp³-hybridized carbons (Fsp3) is 0.200. The maximum atomic E-state index is 9.75. The van der Waals surface area contributed by atoms with Crippen molar-refractivity contribution < 1.29 is 10.2 Å². The predicted molar refractivity (Wildman–Crippen MR) is 69.4 cm³/mol. The molecular formula is C15H16O2. The molecule has 0 fully saturated rings. The van der Waals surface area contributed by atoms with E-state index in [2.05, 4.69) is 0 Å². The van der Waals surface area contributed by atoms with E-state index in [0.29, 0.717) is 5.75 Å². The van der Waals surface area contributed by atoms with Gasteiger partial charge in [-0.3, -0.25) is 0 Å². The van der Waals surface area contributed by atoms with Gasteiger partial charge in [-0.2, -0.15) is 0 Å². The molecule has 2 aromatic carbocycles. The largest absolute Gasteiger partial charge is 0.508 e. The van der Waals surface area contributed by atoms with Crippen molar-refractivity contribution in [3.8, 4) is 22.6 Å². The van der Waals surface area contributed by atoms with Gasteiger partial charge in [0.05, 0.1) is 0 Å². The van der Waals surface area contributed by atoms with E-state index in [1.807, 2.05) is 32.9 Å². The van der Waals surface area contributed by atoms with E-state index in [4.69, 9.17) is 0 Å². The first-order valence-electron chi connectivity index (χ1n) is 5.59. The maximum Gasteiger partial charge on any atom is 0.119 e. The van der Waals surface area contributed by atoms with Gasteiger partial charge in [0.2, 0.25) is 0 Å². The van der Waals surface area contributed by atoms with Crippen LogP contribution in [0.15, 0.2) is 30.3 Å². The first kappa shape index (κ1) is 11.5. The van der Waals surface area contributed by atoms with Crippen LogP contribution in [0.5, 0.6) is 11.5 Å². The third kappa shape index (κ3) is 2.11. The van der Waals surface area contributed by atoms with Crippen LogP contribution in [-0.4, -0.2) is 10.2 Å². The highest BCUT2D eigenvalue weighted by molar-refractivity contribution is 5.73. The number of phenols is 2. The Morgan fingerprint density at radius 1 is 0.765 bits per heavy atom. The molecule has 0 bridgehead atoms. The molecule has 0 aromatic heterocycles. The number of aromatic hydroxyl groups is 2. The van der Waals surface area contributed by atoms with Crippen molar-refractivity contribution in [2.24, 2.45) is 0 Å². The molecule has 2 N–H and O–H groups in total. The number of hydrogen-bond donors (Lipinski definition) is 2. The first-order valence-corrected chi connectivity index (χ1v) is 5.59. The number of phenolic OH excluding ortho intramolecular Hbond substituents is 2. The summed E-state index contributed by atoms with van der Waals surface area (Å²) in [6, 6.07) is 9.12. The Morgan fingerprint density at radius 2 is 1.35 bits per heavy atom. The van der Waals surface area contributed by atoms with Gasteiger partial charge in [-0.15, -0.1) is 0 Å². The average molecular weight is 228 g/mol. The van der Waals surface area contributed by atoms with Gasteiger partial charge in [0.25, 0.3) is 0 Å². The summed E-state index contributed by atoms with van der Waals surface area (Å²) in [5.74, 6) is 0.578. The molecule has 0 spiro atoms. The second-order valence-corrected chi connectivity index (χ2v) is 4.46. The molecule has 0 aliphatic carbocycles. The van der Waals surface area contributed by atoms with E-state index in [0.717, 1.165) is 27.8 Å². The molecule has 0 aliphatic heterocycles. The van der Waals surface area contributed by atoms with Crippen LogP contribution in [0.25, 0.3) is 11.1 Å². The molecule has 0 saturated heterocycles. The number of aryl methyl sites for hydroxylation is 3. The van der Waals surface area contributed by atoms with Gasteiger partial charge < -0.3 is 10.2 Å². The Morgan fingerprint density at radius 3 is 1.88 bits per heavy atom. The van der Waals surface area contributed by atoms with Crippen LogP contribution in [0.4, 0.5) is 0 Å². The molecule has 0 saturated carbocycles. The van der Waals surface area contributed by atoms with Crippen LogP contribution in [0.2, 0.25) is 0 Å². The van der Waals surface area contributed by atoms with Crippen molar-refractivity contribution >= 4 is 0 Å². The van der Waals surface area contributed by atoms with Crippen LogP contribution in [-0.2, 0) is 0 Å². The summed E-state index contributed by atoms with van der Waals surface area (Å²) in [7, 11) is 0. The molecule has 0 unspecified atom stereocenters. The Labute approximate surface area is 101 Å². The lowest BCUT2D eigenvalue weighted by Gasteiger charge is -2.12. The zero-order valence-electron chi connectivity index (χ0n) is 10.3. The maximum absolute atomic E-state index is 9.75. The van der Waals surface area contributed by atoms with Crippen molar-refractivity contribution in [1.82, 2.24) is 0 Å². The summed E-state index contributed by atoms with van der Waals surface area (Å²) in [4.78, 5) is 0. The average Bonchev–Trinajstić information content (AvgIpc) is 2.21. The van der Waals surface area contributed by atoms with Crippen LogP contribution in [0.3, 0.4) is 0 Å². The van der Waals surface area contributed by atoms with Gasteiger partial charge in [0, 0.05) is 0 Å². The Kier molecular flexibility index (Phi) is 2.80. The summed E-state index contributed by atoms with van der Waals surface area (Å²) in [6.45, 7) is 5.79. The molecule has 17 heavy (non-hydrogen) atoms. The third-order valence-corrected chi connectivity index (χ3v) is 3.02. The van der Waals surface area contributed by atoms with Crippen molar-refractivity contribution in [3.63, 3.8) is 0 Å². The summed E-state index contributed by atoms with van der Waals surface area (Å²) in [6.07, 6.45) is 0. The smallest absolute Gasteiger partial charge is 0.119 e. The number of benzene rings is 2. The number of hydrogen-bond acceptors (Lipinski definition) is 2. The Bertz CT molecular complexity index is 548. The molecule has 0 amide bonds. The minimum absolute atomic E-state index is 0.278. The van der Waals surface area contributed by atoms with E-state index >= 15 is 0 Å². The lowest BCUT2D eigenvalue weighted by Crippen LogP contribution is -1.88. The van der Waals surface area contributed by atoms with E-state index in [-0.39, 0.29) is 5.75 Å². The first-order chi connectivity index (χ1) is 7.99. The predicted octanol–water partition coefficient (Wildman–Crippen LogP) is 3.69. The third-order valence-electron chi connectivity index (χ3n) is 3.02. The summed E-state index contributed by atoms with van der Waals surface area (Å²) in [5, 5.41) is 19.3. The normalized spacial score (nSPS) is 10.5. The standard InChI is InChI=1S/C15H16O2/c1-9-4-5-12(8-14(9)17)15-10(2)6-13(16)7-11(15)3/h4-8,16-17H,1-3H3. The lowest BCUT2D eigenvalue weighted by molar-refractivity contribution is 0.471. The highest BCUT2D eigenvalue weighted by Crippen LogP contribution is 2.33. The molecule has 0 aliphatic rings. The monoisotopic (exact) mass is 228 g/mol. The summed E-state index contributed by atoms with van der Waals surface area (Å²) in [5.41, 5.74) is 4.92. The molecule has 2 heteroatoms. The van der Waals surface area contributed by atoms with Gasteiger partial charge in [-0.05, 0) is 66.8 Å². The second kappa shape index (κ2) is 4.13. The molecule has 0 atom stereocenters. The van der Waals surface area contributed by atoms with Gasteiger partial charge in [0.15, 0.2) is 0 Å². The Hall–Kier alpha value is -1.96. The second-order valence-electron chi connectivity index (χ2n) is 4.46. The molecule has 2 aromatic rings. The topological polar surface area (TPSA) is 40.5 Å². The fourth-order valence-corrected chi connectivity index (χ4v) is 2.16. The van der Waals surface area contributed by atoms with Crippen LogP contribution < -0.4 is 0 Å². The quantitative estimate of drug-likeness (QED) is 0.781. The lowest BCUT2D eigenvalue weighted by atomic mass is 9.94. The SMILES string of the molecule is Cc1ccc(-c2c(C)cc(O)cc2C)cc1O. The molecular weight excluding hydrogens is 212 g/mol. The van der Waals surface area contributed by atoms with Crippen molar-refractivity contribution in [2.75, 3.05) is 0 Å². The number of rotatable bonds is 1. The van der Waals surface area contributed by atoms with E-state index in [9.17, 15) is 10.2 Å². The minimum Gasteiger partial charge on any atom is -0.508 e. The minimum atomic E-state index is 0.278. The van der Waals surface area contributed by atoms with Crippen LogP contribution in [0.1, 0.15) is 16.7 Å². The molecule has 0 radical (unpaired) electrons. The van der Waals surface area contributed by atoms with E-state index in [1.54, 1.807) is 18.2 Å². The molecule has 88 valence electrons. The van der Waals surface area contributed by atoms with E-state index in [1.165, 1.54) is 0 Å². The zero-order chi connectivity index (χ0) is 12.6. The fourth-order valence-electron chi connectivity index (χ4n) is 2.16. The van der Waals surface area contributed by atoms with Gasteiger partial charge in [-0.25, -0.2) is 0 Å². The summed E-state index contributed by atoms with van der Waals surface area (Å²) >= 11 is 0.